The highest BCUT2D eigenvalue weighted by Crippen LogP contribution is 2.21. The molecular weight excluding hydrogens is 282 g/mol. The normalized spacial score (nSPS) is 17.1. The van der Waals surface area contributed by atoms with Crippen molar-refractivity contribution in [1.29, 1.82) is 0 Å². The number of rotatable bonds is 6. The minimum absolute atomic E-state index is 0.0844. The summed E-state index contributed by atoms with van der Waals surface area (Å²) >= 11 is 1.61. The molecule has 0 aliphatic carbocycles. The van der Waals surface area contributed by atoms with Gasteiger partial charge in [-0.2, -0.15) is 0 Å². The van der Waals surface area contributed by atoms with Gasteiger partial charge >= 0.3 is 0 Å². The summed E-state index contributed by atoms with van der Waals surface area (Å²) in [5, 5.41) is 3.05. The number of likely N-dealkylation sites (N-methyl/N-ethyl adjacent to an activating group) is 1. The largest absolute Gasteiger partial charge is 0.351 e. The summed E-state index contributed by atoms with van der Waals surface area (Å²) in [6.45, 7) is 10.7. The standard InChI is InChI=1S/C16H27N3OS/c1-4-14-12-15(21-13(14)2)16(20)17-6-5-7-19-10-8-18(3)9-11-19/h12H,4-11H2,1-3H3,(H,17,20). The number of hydrogen-bond acceptors (Lipinski definition) is 4. The number of aryl methyl sites for hydroxylation is 2. The molecule has 0 spiro atoms. The van der Waals surface area contributed by atoms with E-state index in [1.165, 1.54) is 10.4 Å². The van der Waals surface area contributed by atoms with Crippen LogP contribution in [0.3, 0.4) is 0 Å². The highest BCUT2D eigenvalue weighted by atomic mass is 32.1. The lowest BCUT2D eigenvalue weighted by atomic mass is 10.2. The highest BCUT2D eigenvalue weighted by Gasteiger charge is 2.14. The van der Waals surface area contributed by atoms with Crippen LogP contribution in [0.2, 0.25) is 0 Å². The Morgan fingerprint density at radius 2 is 2.05 bits per heavy atom. The van der Waals surface area contributed by atoms with Gasteiger partial charge in [-0.3, -0.25) is 4.79 Å². The van der Waals surface area contributed by atoms with E-state index in [1.807, 2.05) is 6.07 Å². The number of nitrogens with one attached hydrogen (secondary N) is 1. The molecule has 0 bridgehead atoms. The zero-order valence-electron chi connectivity index (χ0n) is 13.4. The molecule has 1 aromatic heterocycles. The van der Waals surface area contributed by atoms with Gasteiger partial charge in [0.1, 0.15) is 0 Å². The van der Waals surface area contributed by atoms with Crippen LogP contribution in [0.4, 0.5) is 0 Å². The number of carbonyl (C=O) groups excluding carboxylic acids is 1. The topological polar surface area (TPSA) is 35.6 Å². The Hall–Kier alpha value is -0.910. The molecule has 0 atom stereocenters. The molecule has 2 heterocycles. The van der Waals surface area contributed by atoms with Crippen LogP contribution in [0.25, 0.3) is 0 Å². The zero-order valence-corrected chi connectivity index (χ0v) is 14.3. The van der Waals surface area contributed by atoms with Crippen LogP contribution >= 0.6 is 11.3 Å². The maximum atomic E-state index is 12.1. The monoisotopic (exact) mass is 309 g/mol. The van der Waals surface area contributed by atoms with Crippen molar-refractivity contribution in [3.05, 3.63) is 21.4 Å². The smallest absolute Gasteiger partial charge is 0.261 e. The van der Waals surface area contributed by atoms with E-state index in [4.69, 9.17) is 0 Å². The predicted octanol–water partition coefficient (Wildman–Crippen LogP) is 1.99. The number of thiophene rings is 1. The van der Waals surface area contributed by atoms with E-state index in [0.717, 1.165) is 57.0 Å². The van der Waals surface area contributed by atoms with E-state index < -0.39 is 0 Å². The average molecular weight is 309 g/mol. The van der Waals surface area contributed by atoms with E-state index in [0.29, 0.717) is 0 Å². The molecule has 1 N–H and O–H groups in total. The van der Waals surface area contributed by atoms with Crippen molar-refractivity contribution >= 4 is 17.2 Å². The fourth-order valence-corrected chi connectivity index (χ4v) is 3.68. The molecule has 4 nitrogen and oxygen atoms in total. The van der Waals surface area contributed by atoms with Gasteiger partial charge in [-0.15, -0.1) is 11.3 Å². The SMILES string of the molecule is CCc1cc(C(=O)NCCCN2CCN(C)CC2)sc1C. The molecule has 2 rings (SSSR count). The molecule has 1 aromatic rings. The van der Waals surface area contributed by atoms with Crippen LogP contribution in [0, 0.1) is 6.92 Å². The Balaban J connectivity index is 1.67. The maximum Gasteiger partial charge on any atom is 0.261 e. The molecule has 118 valence electrons. The lowest BCUT2D eigenvalue weighted by Gasteiger charge is -2.32. The first-order valence-electron chi connectivity index (χ1n) is 7.88. The Kier molecular flexibility index (Phi) is 6.21. The van der Waals surface area contributed by atoms with Gasteiger partial charge in [0.05, 0.1) is 4.88 Å². The summed E-state index contributed by atoms with van der Waals surface area (Å²) in [5.41, 5.74) is 1.29. The third-order valence-corrected chi connectivity index (χ3v) is 5.25. The summed E-state index contributed by atoms with van der Waals surface area (Å²) in [6.07, 6.45) is 2.03. The summed E-state index contributed by atoms with van der Waals surface area (Å²) in [4.78, 5) is 19.1. The zero-order chi connectivity index (χ0) is 15.2. The number of hydrogen-bond donors (Lipinski definition) is 1. The third kappa shape index (κ3) is 4.80. The summed E-state index contributed by atoms with van der Waals surface area (Å²) in [7, 11) is 2.17. The first-order valence-corrected chi connectivity index (χ1v) is 8.70. The van der Waals surface area contributed by atoms with Gasteiger partial charge in [0.2, 0.25) is 0 Å². The van der Waals surface area contributed by atoms with Crippen molar-refractivity contribution in [2.24, 2.45) is 0 Å². The summed E-state index contributed by atoms with van der Waals surface area (Å²) < 4.78 is 0. The number of nitrogens with zero attached hydrogens (tertiary/aromatic N) is 2. The molecule has 1 saturated heterocycles. The first-order chi connectivity index (χ1) is 10.1. The second-order valence-corrected chi connectivity index (χ2v) is 7.06. The maximum absolute atomic E-state index is 12.1. The van der Waals surface area contributed by atoms with Crippen LogP contribution < -0.4 is 5.32 Å². The van der Waals surface area contributed by atoms with E-state index >= 15 is 0 Å². The van der Waals surface area contributed by atoms with Gasteiger partial charge in [0.15, 0.2) is 0 Å². The van der Waals surface area contributed by atoms with Crippen molar-refractivity contribution in [3.63, 3.8) is 0 Å². The lowest BCUT2D eigenvalue weighted by molar-refractivity contribution is 0.0953. The van der Waals surface area contributed by atoms with Gasteiger partial charge in [-0.1, -0.05) is 6.92 Å². The van der Waals surface area contributed by atoms with Gasteiger partial charge in [0, 0.05) is 37.6 Å². The van der Waals surface area contributed by atoms with E-state index in [2.05, 4.69) is 36.0 Å². The molecule has 0 radical (unpaired) electrons. The Labute approximate surface area is 132 Å². The molecule has 1 aliphatic heterocycles. The average Bonchev–Trinajstić information content (AvgIpc) is 2.86. The highest BCUT2D eigenvalue weighted by molar-refractivity contribution is 7.14. The molecule has 0 aromatic carbocycles. The Bertz CT molecular complexity index is 464. The van der Waals surface area contributed by atoms with E-state index in [1.54, 1.807) is 11.3 Å². The van der Waals surface area contributed by atoms with Crippen LogP contribution in [0.5, 0.6) is 0 Å². The van der Waals surface area contributed by atoms with Gasteiger partial charge in [-0.05, 0) is 45.0 Å². The summed E-state index contributed by atoms with van der Waals surface area (Å²) in [5.74, 6) is 0.0844. The summed E-state index contributed by atoms with van der Waals surface area (Å²) in [6, 6.07) is 2.04. The van der Waals surface area contributed by atoms with E-state index in [-0.39, 0.29) is 5.91 Å². The van der Waals surface area contributed by atoms with Crippen LogP contribution in [0.15, 0.2) is 6.07 Å². The molecular formula is C16H27N3OS. The Morgan fingerprint density at radius 1 is 1.33 bits per heavy atom. The molecule has 1 aliphatic rings. The molecule has 5 heteroatoms. The van der Waals surface area contributed by atoms with Crippen LogP contribution in [-0.2, 0) is 6.42 Å². The number of piperazine rings is 1. The fraction of sp³-hybridized carbons (Fsp3) is 0.688. The van der Waals surface area contributed by atoms with Crippen molar-refractivity contribution in [1.82, 2.24) is 15.1 Å². The van der Waals surface area contributed by atoms with E-state index in [9.17, 15) is 4.79 Å². The second kappa shape index (κ2) is 7.92. The molecule has 1 amide bonds. The Morgan fingerprint density at radius 3 is 2.67 bits per heavy atom. The van der Waals surface area contributed by atoms with Crippen molar-refractivity contribution in [2.45, 2.75) is 26.7 Å². The van der Waals surface area contributed by atoms with Crippen molar-refractivity contribution in [2.75, 3.05) is 46.3 Å². The number of carbonyl (C=O) groups is 1. The second-order valence-electron chi connectivity index (χ2n) is 5.80. The molecule has 0 unspecified atom stereocenters. The van der Waals surface area contributed by atoms with Crippen molar-refractivity contribution < 1.29 is 4.79 Å². The fourth-order valence-electron chi connectivity index (χ4n) is 2.65. The number of amides is 1. The van der Waals surface area contributed by atoms with Crippen LogP contribution in [-0.4, -0.2) is 62.0 Å². The quantitative estimate of drug-likeness (QED) is 0.816. The molecule has 0 saturated carbocycles. The molecule has 1 fully saturated rings. The van der Waals surface area contributed by atoms with Gasteiger partial charge in [0.25, 0.3) is 5.91 Å². The van der Waals surface area contributed by atoms with Gasteiger partial charge < -0.3 is 15.1 Å². The lowest BCUT2D eigenvalue weighted by Crippen LogP contribution is -2.45. The van der Waals surface area contributed by atoms with Crippen LogP contribution in [0.1, 0.15) is 33.5 Å². The molecule has 21 heavy (non-hydrogen) atoms. The van der Waals surface area contributed by atoms with Crippen molar-refractivity contribution in [3.8, 4) is 0 Å². The minimum atomic E-state index is 0.0844. The predicted molar refractivity (Wildman–Crippen MR) is 89.3 cm³/mol. The first kappa shape index (κ1) is 16.5. The van der Waals surface area contributed by atoms with Gasteiger partial charge in [-0.25, -0.2) is 0 Å². The minimum Gasteiger partial charge on any atom is -0.351 e. The third-order valence-electron chi connectivity index (χ3n) is 4.16.